The molecule has 1 aromatic rings. The third kappa shape index (κ3) is 5.98. The molecular weight excluding hydrogens is 244 g/mol. The highest BCUT2D eigenvalue weighted by Crippen LogP contribution is 1.95. The van der Waals surface area contributed by atoms with Crippen LogP contribution in [0.15, 0.2) is 24.4 Å². The van der Waals surface area contributed by atoms with Crippen LogP contribution in [0.25, 0.3) is 0 Å². The van der Waals surface area contributed by atoms with Crippen LogP contribution in [0.2, 0.25) is 0 Å². The van der Waals surface area contributed by atoms with Crippen molar-refractivity contribution in [1.82, 2.24) is 9.71 Å². The van der Waals surface area contributed by atoms with Gasteiger partial charge in [-0.3, -0.25) is 9.78 Å². The quantitative estimate of drug-likeness (QED) is 0.718. The second kappa shape index (κ2) is 6.31. The molecule has 0 unspecified atom stereocenters. The summed E-state index contributed by atoms with van der Waals surface area (Å²) >= 11 is 0. The lowest BCUT2D eigenvalue weighted by Gasteiger charge is -2.04. The summed E-state index contributed by atoms with van der Waals surface area (Å²) in [5.41, 5.74) is 0.786. The Bertz CT molecular complexity index is 458. The number of pyridine rings is 1. The maximum Gasteiger partial charge on any atom is 0.304 e. The highest BCUT2D eigenvalue weighted by atomic mass is 32.2. The predicted octanol–water partition coefficient (Wildman–Crippen LogP) is 0.0182. The summed E-state index contributed by atoms with van der Waals surface area (Å²) in [4.78, 5) is 14.3. The molecule has 1 heterocycles. The van der Waals surface area contributed by atoms with Gasteiger partial charge in [0.2, 0.25) is 10.0 Å². The summed E-state index contributed by atoms with van der Waals surface area (Å²) in [7, 11) is -3.51. The fraction of sp³-hybridized carbons (Fsp3) is 0.400. The summed E-state index contributed by atoms with van der Waals surface area (Å²) < 4.78 is 25.0. The van der Waals surface area contributed by atoms with Crippen LogP contribution in [0, 0.1) is 0 Å². The molecule has 0 saturated carbocycles. The Morgan fingerprint density at radius 2 is 2.18 bits per heavy atom. The molecule has 7 heteroatoms. The number of aromatic nitrogens is 1. The Hall–Kier alpha value is -1.47. The fourth-order valence-electron chi connectivity index (χ4n) is 1.17. The van der Waals surface area contributed by atoms with E-state index in [0.717, 1.165) is 5.69 Å². The van der Waals surface area contributed by atoms with Crippen LogP contribution in [-0.4, -0.2) is 36.8 Å². The Labute approximate surface area is 99.7 Å². The van der Waals surface area contributed by atoms with Gasteiger partial charge in [-0.1, -0.05) is 6.07 Å². The van der Waals surface area contributed by atoms with E-state index in [1.165, 1.54) is 0 Å². The first-order valence-corrected chi connectivity index (χ1v) is 6.74. The zero-order valence-electron chi connectivity index (χ0n) is 9.17. The Morgan fingerprint density at radius 1 is 1.41 bits per heavy atom. The maximum absolute atomic E-state index is 11.3. The second-order valence-corrected chi connectivity index (χ2v) is 5.35. The number of nitrogens with one attached hydrogen (secondary N) is 1. The topological polar surface area (TPSA) is 96.4 Å². The highest BCUT2D eigenvalue weighted by molar-refractivity contribution is 7.89. The lowest BCUT2D eigenvalue weighted by molar-refractivity contribution is -0.136. The van der Waals surface area contributed by atoms with Crippen molar-refractivity contribution in [3.05, 3.63) is 30.1 Å². The molecule has 0 atom stereocenters. The number of carboxylic acid groups (broad SMARTS) is 1. The normalized spacial score (nSPS) is 11.3. The van der Waals surface area contributed by atoms with E-state index >= 15 is 0 Å². The van der Waals surface area contributed by atoms with Crippen molar-refractivity contribution in [2.75, 3.05) is 12.3 Å². The maximum atomic E-state index is 11.3. The molecule has 6 nitrogen and oxygen atoms in total. The van der Waals surface area contributed by atoms with Crippen molar-refractivity contribution in [2.45, 2.75) is 12.8 Å². The van der Waals surface area contributed by atoms with Crippen molar-refractivity contribution in [3.8, 4) is 0 Å². The van der Waals surface area contributed by atoms with Crippen LogP contribution in [0.3, 0.4) is 0 Å². The minimum Gasteiger partial charge on any atom is -0.481 e. The van der Waals surface area contributed by atoms with Gasteiger partial charge in [0.15, 0.2) is 0 Å². The van der Waals surface area contributed by atoms with Crippen LogP contribution >= 0.6 is 0 Å². The fourth-order valence-corrected chi connectivity index (χ4v) is 2.18. The number of carboxylic acids is 1. The van der Waals surface area contributed by atoms with E-state index in [4.69, 9.17) is 5.11 Å². The Morgan fingerprint density at radius 3 is 2.76 bits per heavy atom. The average Bonchev–Trinajstić information content (AvgIpc) is 2.28. The van der Waals surface area contributed by atoms with Gasteiger partial charge >= 0.3 is 5.97 Å². The number of rotatable bonds is 7. The number of carbonyl (C=O) groups is 1. The third-order valence-electron chi connectivity index (χ3n) is 2.01. The summed E-state index contributed by atoms with van der Waals surface area (Å²) in [6.45, 7) is 0.221. The van der Waals surface area contributed by atoms with Crippen molar-refractivity contribution in [2.24, 2.45) is 0 Å². The molecule has 1 aromatic heterocycles. The van der Waals surface area contributed by atoms with E-state index < -0.39 is 21.7 Å². The van der Waals surface area contributed by atoms with Crippen molar-refractivity contribution in [3.63, 3.8) is 0 Å². The average molecular weight is 258 g/mol. The highest BCUT2D eigenvalue weighted by Gasteiger charge is 2.11. The first kappa shape index (κ1) is 13.6. The van der Waals surface area contributed by atoms with Crippen molar-refractivity contribution < 1.29 is 18.3 Å². The molecule has 0 bridgehead atoms. The molecular formula is C10H14N2O4S. The Balaban J connectivity index is 2.33. The molecule has 17 heavy (non-hydrogen) atoms. The molecule has 0 aliphatic rings. The van der Waals surface area contributed by atoms with Gasteiger partial charge in [0, 0.05) is 24.9 Å². The summed E-state index contributed by atoms with van der Waals surface area (Å²) in [6.07, 6.45) is 1.72. The summed E-state index contributed by atoms with van der Waals surface area (Å²) in [5.74, 6) is -1.52. The van der Waals surface area contributed by atoms with E-state index in [1.54, 1.807) is 18.3 Å². The molecule has 0 spiro atoms. The van der Waals surface area contributed by atoms with Gasteiger partial charge in [-0.05, 0) is 12.1 Å². The van der Waals surface area contributed by atoms with E-state index in [9.17, 15) is 13.2 Å². The second-order valence-electron chi connectivity index (χ2n) is 3.43. The number of hydrogen-bond donors (Lipinski definition) is 2. The van der Waals surface area contributed by atoms with Gasteiger partial charge in [0.25, 0.3) is 0 Å². The molecule has 1 rings (SSSR count). The van der Waals surface area contributed by atoms with Crippen molar-refractivity contribution in [1.29, 1.82) is 0 Å². The number of hydrogen-bond acceptors (Lipinski definition) is 4. The largest absolute Gasteiger partial charge is 0.481 e. The van der Waals surface area contributed by atoms with Crippen LogP contribution in [-0.2, 0) is 21.2 Å². The molecule has 0 aromatic carbocycles. The standard InChI is InChI=1S/C10H14N2O4S/c13-10(14)5-8-17(15,16)12-7-4-9-3-1-2-6-11-9/h1-3,6,12H,4-5,7-8H2,(H,13,14). The van der Waals surface area contributed by atoms with E-state index in [1.807, 2.05) is 6.07 Å². The van der Waals surface area contributed by atoms with Gasteiger partial charge in [-0.2, -0.15) is 0 Å². The lowest BCUT2D eigenvalue weighted by Crippen LogP contribution is -2.29. The van der Waals surface area contributed by atoms with Crippen molar-refractivity contribution >= 4 is 16.0 Å². The SMILES string of the molecule is O=C(O)CCS(=O)(=O)NCCc1ccccn1. The molecule has 0 aliphatic carbocycles. The first-order valence-electron chi connectivity index (χ1n) is 5.09. The van der Waals surface area contributed by atoms with Crippen LogP contribution < -0.4 is 4.72 Å². The van der Waals surface area contributed by atoms with Crippen LogP contribution in [0.4, 0.5) is 0 Å². The van der Waals surface area contributed by atoms with Crippen LogP contribution in [0.1, 0.15) is 12.1 Å². The predicted molar refractivity (Wildman–Crippen MR) is 62.0 cm³/mol. The first-order chi connectivity index (χ1) is 7.99. The van der Waals surface area contributed by atoms with E-state index in [-0.39, 0.29) is 13.0 Å². The Kier molecular flexibility index (Phi) is 5.05. The van der Waals surface area contributed by atoms with Gasteiger partial charge in [-0.25, -0.2) is 13.1 Å². The minimum atomic E-state index is -3.51. The molecule has 0 saturated heterocycles. The third-order valence-corrected chi connectivity index (χ3v) is 3.40. The smallest absolute Gasteiger partial charge is 0.304 e. The molecule has 0 aliphatic heterocycles. The van der Waals surface area contributed by atoms with Gasteiger partial charge in [-0.15, -0.1) is 0 Å². The number of sulfonamides is 1. The summed E-state index contributed by atoms with van der Waals surface area (Å²) in [6, 6.07) is 5.40. The molecule has 2 N–H and O–H groups in total. The molecule has 94 valence electrons. The van der Waals surface area contributed by atoms with Gasteiger partial charge < -0.3 is 5.11 Å². The zero-order valence-corrected chi connectivity index (χ0v) is 9.98. The number of aliphatic carboxylic acids is 1. The zero-order chi connectivity index (χ0) is 12.7. The number of nitrogens with zero attached hydrogens (tertiary/aromatic N) is 1. The molecule has 0 amide bonds. The van der Waals surface area contributed by atoms with E-state index in [2.05, 4.69) is 9.71 Å². The molecule has 0 fully saturated rings. The van der Waals surface area contributed by atoms with Crippen LogP contribution in [0.5, 0.6) is 0 Å². The van der Waals surface area contributed by atoms with E-state index in [0.29, 0.717) is 6.42 Å². The van der Waals surface area contributed by atoms with Gasteiger partial charge in [0.05, 0.1) is 12.2 Å². The lowest BCUT2D eigenvalue weighted by atomic mass is 10.3. The monoisotopic (exact) mass is 258 g/mol. The minimum absolute atomic E-state index is 0.221. The summed E-state index contributed by atoms with van der Waals surface area (Å²) in [5, 5.41) is 8.38. The van der Waals surface area contributed by atoms with Gasteiger partial charge in [0.1, 0.15) is 0 Å². The molecule has 0 radical (unpaired) electrons.